The predicted molar refractivity (Wildman–Crippen MR) is 201 cm³/mol. The number of anilines is 2. The Labute approximate surface area is 299 Å². The molecule has 0 aliphatic carbocycles. The van der Waals surface area contributed by atoms with Crippen LogP contribution in [0.5, 0.6) is 11.5 Å². The summed E-state index contributed by atoms with van der Waals surface area (Å²) < 4.78 is 0. The Balaban J connectivity index is 0.000000189. The summed E-state index contributed by atoms with van der Waals surface area (Å²) >= 11 is 0. The number of H-pyrrole nitrogens is 2. The van der Waals surface area contributed by atoms with Gasteiger partial charge >= 0.3 is 0 Å². The Hall–Kier alpha value is -5.01. The molecule has 2 aromatic carbocycles. The van der Waals surface area contributed by atoms with E-state index in [0.717, 1.165) is 87.2 Å². The van der Waals surface area contributed by atoms with E-state index in [-0.39, 0.29) is 27.7 Å². The zero-order valence-electron chi connectivity index (χ0n) is 30.6. The maximum atomic E-state index is 11.4. The van der Waals surface area contributed by atoms with Gasteiger partial charge in [-0.15, -0.1) is 0 Å². The van der Waals surface area contributed by atoms with Crippen molar-refractivity contribution in [1.29, 1.82) is 0 Å². The minimum atomic E-state index is -0.136. The van der Waals surface area contributed by atoms with Gasteiger partial charge in [-0.25, -0.2) is 9.97 Å². The van der Waals surface area contributed by atoms with E-state index >= 15 is 0 Å². The molecule has 4 aromatic rings. The zero-order chi connectivity index (χ0) is 37.2. The number of phenols is 2. The van der Waals surface area contributed by atoms with Crippen LogP contribution < -0.4 is 26.2 Å². The molecule has 13 heteroatoms. The van der Waals surface area contributed by atoms with Crippen LogP contribution in [-0.2, 0) is 17.4 Å². The van der Waals surface area contributed by atoms with E-state index in [1.54, 1.807) is 12.1 Å². The molecule has 0 bridgehead atoms. The van der Waals surface area contributed by atoms with Gasteiger partial charge in [-0.05, 0) is 28.0 Å². The van der Waals surface area contributed by atoms with E-state index < -0.39 is 0 Å². The lowest BCUT2D eigenvalue weighted by molar-refractivity contribution is 0.112. The minimum absolute atomic E-state index is 0.0785. The molecule has 13 nitrogen and oxygen atoms in total. The highest BCUT2D eigenvalue weighted by atomic mass is 16.3. The van der Waals surface area contributed by atoms with Gasteiger partial charge in [-0.2, -0.15) is 0 Å². The molecule has 0 amide bonds. The number of aromatic hydroxyl groups is 2. The maximum absolute atomic E-state index is 11.4. The van der Waals surface area contributed by atoms with Crippen molar-refractivity contribution in [3.8, 4) is 11.5 Å². The van der Waals surface area contributed by atoms with Gasteiger partial charge in [0.1, 0.15) is 23.1 Å². The number of carbonyl (C=O) groups is 1. The molecule has 0 saturated carbocycles. The van der Waals surface area contributed by atoms with E-state index in [2.05, 4.69) is 60.7 Å². The Morgan fingerprint density at radius 3 is 1.69 bits per heavy atom. The van der Waals surface area contributed by atoms with Crippen molar-refractivity contribution in [2.45, 2.75) is 58.9 Å². The van der Waals surface area contributed by atoms with Crippen molar-refractivity contribution in [2.24, 2.45) is 0 Å². The van der Waals surface area contributed by atoms with Crippen molar-refractivity contribution in [3.05, 3.63) is 104 Å². The lowest BCUT2D eigenvalue weighted by atomic mass is 9.85. The third-order valence-corrected chi connectivity index (χ3v) is 8.79. The van der Waals surface area contributed by atoms with Crippen molar-refractivity contribution in [1.82, 2.24) is 30.2 Å². The molecular weight excluding hydrogens is 648 g/mol. The largest absolute Gasteiger partial charge is 0.507 e. The van der Waals surface area contributed by atoms with Crippen LogP contribution in [0.15, 0.2) is 70.8 Å². The second kappa shape index (κ2) is 17.3. The normalized spacial score (nSPS) is 15.3. The Kier molecular flexibility index (Phi) is 13.1. The lowest BCUT2D eigenvalue weighted by Crippen LogP contribution is -2.46. The SMILES string of the molecule is CC(C)(C)c1cccc(C=O)c1O.CC(C)(C)c1cccc(CN2CCN(c3cc(=O)[nH]cn3)CC2)c1O.O=c1cc(N2CCNCC2)nc[nH]1. The van der Waals surface area contributed by atoms with Gasteiger partial charge in [-0.1, -0.05) is 71.9 Å². The summed E-state index contributed by atoms with van der Waals surface area (Å²) in [5.74, 6) is 2.00. The highest BCUT2D eigenvalue weighted by molar-refractivity contribution is 5.80. The number of para-hydroxylation sites is 2. The fourth-order valence-corrected chi connectivity index (χ4v) is 5.92. The third kappa shape index (κ3) is 11.0. The molecule has 0 unspecified atom stereocenters. The van der Waals surface area contributed by atoms with Gasteiger partial charge in [0, 0.05) is 76.6 Å². The Bertz CT molecular complexity index is 1850. The molecule has 6 rings (SSSR count). The summed E-state index contributed by atoms with van der Waals surface area (Å²) in [4.78, 5) is 52.9. The first-order valence-corrected chi connectivity index (χ1v) is 17.3. The molecule has 0 spiro atoms. The first kappa shape index (κ1) is 38.8. The van der Waals surface area contributed by atoms with Crippen molar-refractivity contribution in [2.75, 3.05) is 62.2 Å². The summed E-state index contributed by atoms with van der Waals surface area (Å²) in [6.45, 7) is 20.2. The van der Waals surface area contributed by atoms with Gasteiger partial charge in [-0.3, -0.25) is 19.3 Å². The Morgan fingerprint density at radius 1 is 0.706 bits per heavy atom. The van der Waals surface area contributed by atoms with Crippen molar-refractivity contribution >= 4 is 17.9 Å². The average Bonchev–Trinajstić information content (AvgIpc) is 3.09. The number of hydrogen-bond donors (Lipinski definition) is 5. The van der Waals surface area contributed by atoms with Gasteiger partial charge in [0.2, 0.25) is 0 Å². The number of piperazine rings is 2. The molecule has 0 radical (unpaired) electrons. The number of phenolic OH excluding ortho intramolecular Hbond substituents is 2. The predicted octanol–water partition coefficient (Wildman–Crippen LogP) is 3.78. The number of benzene rings is 2. The van der Waals surface area contributed by atoms with Gasteiger partial charge < -0.3 is 35.3 Å². The van der Waals surface area contributed by atoms with Crippen LogP contribution in [0.4, 0.5) is 11.6 Å². The summed E-state index contributed by atoms with van der Waals surface area (Å²) in [6, 6.07) is 14.3. The molecule has 2 saturated heterocycles. The van der Waals surface area contributed by atoms with E-state index in [9.17, 15) is 24.6 Å². The van der Waals surface area contributed by atoms with Crippen LogP contribution in [0.1, 0.15) is 68.6 Å². The third-order valence-electron chi connectivity index (χ3n) is 8.79. The van der Waals surface area contributed by atoms with Crippen LogP contribution in [0.2, 0.25) is 0 Å². The first-order chi connectivity index (χ1) is 24.2. The molecule has 2 aromatic heterocycles. The summed E-state index contributed by atoms with van der Waals surface area (Å²) in [5, 5.41) is 23.6. The number of aldehydes is 1. The molecule has 51 heavy (non-hydrogen) atoms. The number of carbonyl (C=O) groups excluding carboxylic acids is 1. The van der Waals surface area contributed by atoms with Crippen LogP contribution >= 0.6 is 0 Å². The van der Waals surface area contributed by atoms with Crippen LogP contribution in [0.25, 0.3) is 0 Å². The second-order valence-corrected chi connectivity index (χ2v) is 14.7. The molecular formula is C38H52N8O5. The molecule has 2 aliphatic rings. The van der Waals surface area contributed by atoms with E-state index in [0.29, 0.717) is 17.6 Å². The van der Waals surface area contributed by atoms with Crippen molar-refractivity contribution in [3.63, 3.8) is 0 Å². The van der Waals surface area contributed by atoms with Gasteiger partial charge in [0.25, 0.3) is 11.1 Å². The van der Waals surface area contributed by atoms with E-state index in [4.69, 9.17) is 0 Å². The molecule has 2 aliphatic heterocycles. The average molecular weight is 701 g/mol. The van der Waals surface area contributed by atoms with Crippen LogP contribution in [-0.4, -0.2) is 93.7 Å². The minimum Gasteiger partial charge on any atom is -0.507 e. The Morgan fingerprint density at radius 2 is 1.20 bits per heavy atom. The maximum Gasteiger partial charge on any atom is 0.252 e. The molecule has 2 fully saturated rings. The van der Waals surface area contributed by atoms with E-state index in [1.807, 2.05) is 45.0 Å². The number of nitrogens with one attached hydrogen (secondary N) is 3. The molecule has 4 heterocycles. The van der Waals surface area contributed by atoms with Crippen LogP contribution in [0.3, 0.4) is 0 Å². The monoisotopic (exact) mass is 700 g/mol. The molecule has 274 valence electrons. The molecule has 5 N–H and O–H groups in total. The van der Waals surface area contributed by atoms with Crippen LogP contribution in [0, 0.1) is 0 Å². The quantitative estimate of drug-likeness (QED) is 0.192. The number of nitrogens with zero attached hydrogens (tertiary/aromatic N) is 5. The highest BCUT2D eigenvalue weighted by Crippen LogP contribution is 2.34. The summed E-state index contributed by atoms with van der Waals surface area (Å²) in [5.41, 5.74) is 2.67. The highest BCUT2D eigenvalue weighted by Gasteiger charge is 2.23. The molecule has 0 atom stereocenters. The standard InChI is InChI=1S/C19H26N4O2.C11H14O2.C8H12N4O/c1-19(2,3)15-6-4-5-14(18(15)25)12-22-7-9-23(10-8-22)16-11-17(24)21-13-20-16;1-11(2,3)9-6-4-5-8(7-12)10(9)13;13-8-5-7(10-6-11-8)12-3-1-9-2-4-12/h4-6,11,13,25H,7-10,12H2,1-3H3,(H,20,21,24);4-7,13H,1-3H3;5-6,9H,1-4H2,(H,10,11,13). The lowest BCUT2D eigenvalue weighted by Gasteiger charge is -2.35. The number of aromatic amines is 2. The fourth-order valence-electron chi connectivity index (χ4n) is 5.92. The summed E-state index contributed by atoms with van der Waals surface area (Å²) in [7, 11) is 0. The second-order valence-electron chi connectivity index (χ2n) is 14.7. The summed E-state index contributed by atoms with van der Waals surface area (Å²) in [6.07, 6.45) is 3.56. The number of rotatable bonds is 5. The van der Waals surface area contributed by atoms with Gasteiger partial charge in [0.05, 0.1) is 18.2 Å². The number of aromatic nitrogens is 4. The van der Waals surface area contributed by atoms with E-state index in [1.165, 1.54) is 24.8 Å². The van der Waals surface area contributed by atoms with Crippen molar-refractivity contribution < 1.29 is 15.0 Å². The first-order valence-electron chi connectivity index (χ1n) is 17.3. The zero-order valence-corrected chi connectivity index (χ0v) is 30.6. The van der Waals surface area contributed by atoms with Gasteiger partial charge in [0.15, 0.2) is 6.29 Å². The fraction of sp³-hybridized carbons (Fsp3) is 0.447. The smallest absolute Gasteiger partial charge is 0.252 e. The number of hydrogen-bond acceptors (Lipinski definition) is 11. The topological polar surface area (TPSA) is 171 Å².